The van der Waals surface area contributed by atoms with Crippen molar-refractivity contribution in [2.45, 2.75) is 6.54 Å². The molecule has 0 aliphatic carbocycles. The lowest BCUT2D eigenvalue weighted by atomic mass is 10.4. The van der Waals surface area contributed by atoms with Gasteiger partial charge in [0.25, 0.3) is 0 Å². The maximum Gasteiger partial charge on any atom is 0.236 e. The molecule has 5 heteroatoms. The Kier molecular flexibility index (Phi) is 4.16. The molecule has 0 fully saturated rings. The highest BCUT2D eigenvalue weighted by Gasteiger charge is 2.03. The predicted octanol–water partition coefficient (Wildman–Crippen LogP) is 1.22. The first-order valence-corrected chi connectivity index (χ1v) is 5.04. The Hall–Kier alpha value is -0.810. The van der Waals surface area contributed by atoms with Crippen LogP contribution in [0.15, 0.2) is 21.2 Å². The zero-order valence-electron chi connectivity index (χ0n) is 8.21. The van der Waals surface area contributed by atoms with Crippen molar-refractivity contribution in [3.05, 3.63) is 22.6 Å². The summed E-state index contributed by atoms with van der Waals surface area (Å²) < 4.78 is 5.96. The number of rotatable bonds is 4. The molecule has 0 aliphatic heterocycles. The van der Waals surface area contributed by atoms with Gasteiger partial charge >= 0.3 is 0 Å². The first-order chi connectivity index (χ1) is 6.59. The smallest absolute Gasteiger partial charge is 0.236 e. The third kappa shape index (κ3) is 3.51. The van der Waals surface area contributed by atoms with Crippen LogP contribution in [-0.4, -0.2) is 31.4 Å². The SMILES string of the molecule is CN(C)C(=O)CNCc1ccc(Br)o1. The number of furan rings is 1. The van der Waals surface area contributed by atoms with Crippen LogP contribution in [0.4, 0.5) is 0 Å². The summed E-state index contributed by atoms with van der Waals surface area (Å²) in [5.41, 5.74) is 0. The molecule has 0 bridgehead atoms. The van der Waals surface area contributed by atoms with E-state index in [4.69, 9.17) is 4.42 Å². The molecule has 1 heterocycles. The molecule has 0 aromatic carbocycles. The molecule has 0 aliphatic rings. The van der Waals surface area contributed by atoms with Crippen molar-refractivity contribution in [1.82, 2.24) is 10.2 Å². The standard InChI is InChI=1S/C9H13BrN2O2/c1-12(2)9(13)6-11-5-7-3-4-8(10)14-7/h3-4,11H,5-6H2,1-2H3. The monoisotopic (exact) mass is 260 g/mol. The van der Waals surface area contributed by atoms with Gasteiger partial charge in [-0.2, -0.15) is 0 Å². The summed E-state index contributed by atoms with van der Waals surface area (Å²) in [6.45, 7) is 0.885. The van der Waals surface area contributed by atoms with Gasteiger partial charge in [-0.25, -0.2) is 0 Å². The van der Waals surface area contributed by atoms with Crippen LogP contribution in [0, 0.1) is 0 Å². The molecule has 0 unspecified atom stereocenters. The van der Waals surface area contributed by atoms with Gasteiger partial charge in [0.2, 0.25) is 5.91 Å². The van der Waals surface area contributed by atoms with Crippen LogP contribution >= 0.6 is 15.9 Å². The second-order valence-electron chi connectivity index (χ2n) is 3.10. The van der Waals surface area contributed by atoms with E-state index in [1.54, 1.807) is 19.0 Å². The number of halogens is 1. The molecule has 1 rings (SSSR count). The van der Waals surface area contributed by atoms with Crippen molar-refractivity contribution in [3.63, 3.8) is 0 Å². The zero-order chi connectivity index (χ0) is 10.6. The first kappa shape index (κ1) is 11.3. The van der Waals surface area contributed by atoms with Crippen molar-refractivity contribution >= 4 is 21.8 Å². The van der Waals surface area contributed by atoms with Crippen LogP contribution in [0.2, 0.25) is 0 Å². The maximum atomic E-state index is 11.2. The lowest BCUT2D eigenvalue weighted by molar-refractivity contribution is -0.127. The van der Waals surface area contributed by atoms with E-state index in [2.05, 4.69) is 21.2 Å². The fraction of sp³-hybridized carbons (Fsp3) is 0.444. The molecule has 1 aromatic heterocycles. The topological polar surface area (TPSA) is 45.5 Å². The molecule has 0 saturated heterocycles. The molecule has 14 heavy (non-hydrogen) atoms. The van der Waals surface area contributed by atoms with Crippen LogP contribution < -0.4 is 5.32 Å². The van der Waals surface area contributed by atoms with E-state index in [0.29, 0.717) is 17.8 Å². The summed E-state index contributed by atoms with van der Waals surface area (Å²) in [7, 11) is 3.46. The van der Waals surface area contributed by atoms with Crippen LogP contribution in [0.1, 0.15) is 5.76 Å². The Labute approximate surface area is 91.4 Å². The molecular weight excluding hydrogens is 248 g/mol. The number of hydrogen-bond donors (Lipinski definition) is 1. The minimum Gasteiger partial charge on any atom is -0.453 e. The minimum atomic E-state index is 0.0515. The Bertz CT molecular complexity index is 310. The molecule has 0 spiro atoms. The van der Waals surface area contributed by atoms with E-state index in [9.17, 15) is 4.79 Å². The van der Waals surface area contributed by atoms with E-state index in [1.807, 2.05) is 12.1 Å². The van der Waals surface area contributed by atoms with Crippen molar-refractivity contribution in [2.75, 3.05) is 20.6 Å². The summed E-state index contributed by atoms with van der Waals surface area (Å²) in [5, 5.41) is 2.99. The Morgan fingerprint density at radius 3 is 2.79 bits per heavy atom. The number of likely N-dealkylation sites (N-methyl/N-ethyl adjacent to an activating group) is 1. The molecule has 4 nitrogen and oxygen atoms in total. The number of nitrogens with zero attached hydrogens (tertiary/aromatic N) is 1. The molecule has 1 N–H and O–H groups in total. The maximum absolute atomic E-state index is 11.2. The van der Waals surface area contributed by atoms with E-state index >= 15 is 0 Å². The van der Waals surface area contributed by atoms with Crippen molar-refractivity contribution < 1.29 is 9.21 Å². The molecular formula is C9H13BrN2O2. The number of carbonyl (C=O) groups excluding carboxylic acids is 1. The lowest BCUT2D eigenvalue weighted by Gasteiger charge is -2.09. The fourth-order valence-corrected chi connectivity index (χ4v) is 1.24. The van der Waals surface area contributed by atoms with Gasteiger partial charge in [-0.3, -0.25) is 4.79 Å². The number of nitrogens with one attached hydrogen (secondary N) is 1. The Morgan fingerprint density at radius 2 is 2.29 bits per heavy atom. The minimum absolute atomic E-state index is 0.0515. The summed E-state index contributed by atoms with van der Waals surface area (Å²) in [4.78, 5) is 12.7. The van der Waals surface area contributed by atoms with E-state index in [0.717, 1.165) is 5.76 Å². The number of carbonyl (C=O) groups is 1. The van der Waals surface area contributed by atoms with E-state index < -0.39 is 0 Å². The largest absolute Gasteiger partial charge is 0.453 e. The van der Waals surface area contributed by atoms with Crippen molar-refractivity contribution in [2.24, 2.45) is 0 Å². The van der Waals surface area contributed by atoms with Crippen LogP contribution in [0.5, 0.6) is 0 Å². The van der Waals surface area contributed by atoms with Gasteiger partial charge < -0.3 is 14.6 Å². The fourth-order valence-electron chi connectivity index (χ4n) is 0.897. The van der Waals surface area contributed by atoms with Gasteiger partial charge in [-0.15, -0.1) is 0 Å². The Balaban J connectivity index is 2.25. The average Bonchev–Trinajstić information content (AvgIpc) is 2.51. The highest BCUT2D eigenvalue weighted by atomic mass is 79.9. The summed E-state index contributed by atoms with van der Waals surface area (Å²) in [6.07, 6.45) is 0. The average molecular weight is 261 g/mol. The van der Waals surface area contributed by atoms with Gasteiger partial charge in [0.1, 0.15) is 5.76 Å². The van der Waals surface area contributed by atoms with Crippen molar-refractivity contribution in [3.8, 4) is 0 Å². The highest BCUT2D eigenvalue weighted by Crippen LogP contribution is 2.13. The van der Waals surface area contributed by atoms with Crippen LogP contribution in [0.3, 0.4) is 0 Å². The predicted molar refractivity (Wildman–Crippen MR) is 56.8 cm³/mol. The first-order valence-electron chi connectivity index (χ1n) is 4.24. The number of hydrogen-bond acceptors (Lipinski definition) is 3. The molecule has 0 atom stereocenters. The molecule has 1 aromatic rings. The molecule has 0 saturated carbocycles. The van der Waals surface area contributed by atoms with E-state index in [1.165, 1.54) is 0 Å². The second-order valence-corrected chi connectivity index (χ2v) is 3.88. The quantitative estimate of drug-likeness (QED) is 0.886. The Morgan fingerprint density at radius 1 is 1.57 bits per heavy atom. The van der Waals surface area contributed by atoms with Gasteiger partial charge in [0.05, 0.1) is 13.1 Å². The summed E-state index contributed by atoms with van der Waals surface area (Å²) >= 11 is 3.21. The van der Waals surface area contributed by atoms with E-state index in [-0.39, 0.29) is 5.91 Å². The molecule has 1 amide bonds. The van der Waals surface area contributed by atoms with Crippen LogP contribution in [-0.2, 0) is 11.3 Å². The highest BCUT2D eigenvalue weighted by molar-refractivity contribution is 9.10. The third-order valence-corrected chi connectivity index (χ3v) is 2.13. The lowest BCUT2D eigenvalue weighted by Crippen LogP contribution is -2.32. The zero-order valence-corrected chi connectivity index (χ0v) is 9.80. The second kappa shape index (κ2) is 5.17. The van der Waals surface area contributed by atoms with Gasteiger partial charge in [-0.05, 0) is 28.1 Å². The van der Waals surface area contributed by atoms with Gasteiger partial charge in [0.15, 0.2) is 4.67 Å². The van der Waals surface area contributed by atoms with Gasteiger partial charge in [-0.1, -0.05) is 0 Å². The molecule has 78 valence electrons. The molecule has 0 radical (unpaired) electrons. The summed E-state index contributed by atoms with van der Waals surface area (Å²) in [6, 6.07) is 3.68. The van der Waals surface area contributed by atoms with Crippen molar-refractivity contribution in [1.29, 1.82) is 0 Å². The third-order valence-electron chi connectivity index (χ3n) is 1.70. The normalized spacial score (nSPS) is 10.2. The van der Waals surface area contributed by atoms with Gasteiger partial charge in [0, 0.05) is 14.1 Å². The summed E-state index contributed by atoms with van der Waals surface area (Å²) in [5.74, 6) is 0.860. The van der Waals surface area contributed by atoms with Crippen LogP contribution in [0.25, 0.3) is 0 Å². The number of amides is 1.